The summed E-state index contributed by atoms with van der Waals surface area (Å²) >= 11 is 0. The van der Waals surface area contributed by atoms with Crippen LogP contribution in [0.25, 0.3) is 11.0 Å². The van der Waals surface area contributed by atoms with Gasteiger partial charge < -0.3 is 5.73 Å². The quantitative estimate of drug-likeness (QED) is 0.580. The zero-order valence-corrected chi connectivity index (χ0v) is 6.01. The van der Waals surface area contributed by atoms with E-state index in [4.69, 9.17) is 5.73 Å². The zero-order valence-electron chi connectivity index (χ0n) is 6.01. The minimum atomic E-state index is -0.649. The Hall–Kier alpha value is -1.98. The number of primary amides is 1. The van der Waals surface area contributed by atoms with Crippen LogP contribution in [0.3, 0.4) is 0 Å². The largest absolute Gasteiger partial charge is 0.350 e. The van der Waals surface area contributed by atoms with E-state index in [2.05, 4.69) is 15.3 Å². The van der Waals surface area contributed by atoms with Gasteiger partial charge in [0.25, 0.3) is 0 Å². The molecule has 0 saturated heterocycles. The standard InChI is InChI=1S/C6H5N5O/c7-6(12)11-5-1-2-8-3-4(5)9-10-11/h1-3H,(H2,7,12). The van der Waals surface area contributed by atoms with Crippen LogP contribution in [0.4, 0.5) is 4.79 Å². The highest BCUT2D eigenvalue weighted by atomic mass is 16.2. The highest BCUT2D eigenvalue weighted by Gasteiger charge is 2.06. The maximum absolute atomic E-state index is 10.7. The SMILES string of the molecule is NC(=O)n1nnc2cnccc21. The van der Waals surface area contributed by atoms with Gasteiger partial charge in [-0.25, -0.2) is 4.79 Å². The number of nitrogens with zero attached hydrogens (tertiary/aromatic N) is 4. The Balaban J connectivity index is 2.79. The van der Waals surface area contributed by atoms with E-state index in [0.29, 0.717) is 11.0 Å². The average molecular weight is 163 g/mol. The molecule has 0 atom stereocenters. The van der Waals surface area contributed by atoms with Crippen LogP contribution in [0, 0.1) is 0 Å². The predicted molar refractivity (Wildman–Crippen MR) is 40.3 cm³/mol. The maximum Gasteiger partial charge on any atom is 0.341 e. The molecule has 0 bridgehead atoms. The summed E-state index contributed by atoms with van der Waals surface area (Å²) in [4.78, 5) is 14.6. The van der Waals surface area contributed by atoms with Gasteiger partial charge in [-0.1, -0.05) is 5.21 Å². The molecule has 0 saturated carbocycles. The molecule has 2 heterocycles. The number of pyridine rings is 1. The van der Waals surface area contributed by atoms with Crippen molar-refractivity contribution in [1.82, 2.24) is 20.0 Å². The van der Waals surface area contributed by atoms with Crippen LogP contribution in [-0.2, 0) is 0 Å². The predicted octanol–water partition coefficient (Wildman–Crippen LogP) is -0.247. The average Bonchev–Trinajstić information content (AvgIpc) is 2.47. The van der Waals surface area contributed by atoms with Gasteiger partial charge in [0.05, 0.1) is 6.20 Å². The van der Waals surface area contributed by atoms with Gasteiger partial charge in [0, 0.05) is 6.20 Å². The number of amides is 1. The first-order valence-electron chi connectivity index (χ1n) is 3.24. The van der Waals surface area contributed by atoms with Gasteiger partial charge in [-0.2, -0.15) is 4.68 Å². The van der Waals surface area contributed by atoms with E-state index in [1.807, 2.05) is 0 Å². The van der Waals surface area contributed by atoms with Crippen LogP contribution in [0.5, 0.6) is 0 Å². The third-order valence-electron chi connectivity index (χ3n) is 1.46. The summed E-state index contributed by atoms with van der Waals surface area (Å²) in [5, 5.41) is 7.24. The van der Waals surface area contributed by atoms with Gasteiger partial charge in [0.1, 0.15) is 11.0 Å². The first-order chi connectivity index (χ1) is 5.79. The summed E-state index contributed by atoms with van der Waals surface area (Å²) in [5.41, 5.74) is 6.14. The lowest BCUT2D eigenvalue weighted by molar-refractivity contribution is 0.248. The summed E-state index contributed by atoms with van der Waals surface area (Å²) < 4.78 is 1.02. The molecule has 2 N–H and O–H groups in total. The van der Waals surface area contributed by atoms with E-state index in [1.54, 1.807) is 12.3 Å². The van der Waals surface area contributed by atoms with E-state index >= 15 is 0 Å². The molecule has 2 aromatic rings. The van der Waals surface area contributed by atoms with Gasteiger partial charge >= 0.3 is 6.03 Å². The summed E-state index contributed by atoms with van der Waals surface area (Å²) in [6, 6.07) is 0.976. The molecule has 6 heteroatoms. The molecule has 2 rings (SSSR count). The minimum absolute atomic E-state index is 0.552. The van der Waals surface area contributed by atoms with E-state index in [1.165, 1.54) is 6.20 Å². The molecule has 12 heavy (non-hydrogen) atoms. The molecule has 0 fully saturated rings. The normalized spacial score (nSPS) is 10.3. The van der Waals surface area contributed by atoms with Crippen molar-refractivity contribution in [2.75, 3.05) is 0 Å². The molecule has 6 nitrogen and oxygen atoms in total. The fraction of sp³-hybridized carbons (Fsp3) is 0. The monoisotopic (exact) mass is 163 g/mol. The molecule has 0 aromatic carbocycles. The van der Waals surface area contributed by atoms with Crippen molar-refractivity contribution in [3.63, 3.8) is 0 Å². The number of aromatic nitrogens is 4. The Bertz CT molecular complexity index is 434. The van der Waals surface area contributed by atoms with Crippen LogP contribution in [0.1, 0.15) is 0 Å². The first kappa shape index (κ1) is 6.71. The maximum atomic E-state index is 10.7. The smallest absolute Gasteiger partial charge is 0.341 e. The molecule has 0 aliphatic rings. The molecule has 60 valence electrons. The van der Waals surface area contributed by atoms with Gasteiger partial charge in [-0.3, -0.25) is 4.98 Å². The third kappa shape index (κ3) is 0.815. The Morgan fingerprint density at radius 3 is 3.17 bits per heavy atom. The van der Waals surface area contributed by atoms with Gasteiger partial charge in [-0.05, 0) is 6.07 Å². The second-order valence-corrected chi connectivity index (χ2v) is 2.20. The van der Waals surface area contributed by atoms with Crippen molar-refractivity contribution in [3.05, 3.63) is 18.5 Å². The lowest BCUT2D eigenvalue weighted by atomic mass is 10.4. The van der Waals surface area contributed by atoms with Crippen molar-refractivity contribution in [2.24, 2.45) is 5.73 Å². The summed E-state index contributed by atoms with van der Waals surface area (Å²) in [6.45, 7) is 0. The fourth-order valence-corrected chi connectivity index (χ4v) is 0.939. The Morgan fingerprint density at radius 2 is 2.42 bits per heavy atom. The lowest BCUT2D eigenvalue weighted by Crippen LogP contribution is -2.20. The Morgan fingerprint density at radius 1 is 1.58 bits per heavy atom. The highest BCUT2D eigenvalue weighted by molar-refractivity contribution is 5.86. The highest BCUT2D eigenvalue weighted by Crippen LogP contribution is 2.06. The van der Waals surface area contributed by atoms with Crippen molar-refractivity contribution in [1.29, 1.82) is 0 Å². The van der Waals surface area contributed by atoms with E-state index < -0.39 is 6.03 Å². The summed E-state index contributed by atoms with van der Waals surface area (Å²) in [7, 11) is 0. The molecule has 0 aliphatic heterocycles. The van der Waals surface area contributed by atoms with Crippen LogP contribution in [0.2, 0.25) is 0 Å². The minimum Gasteiger partial charge on any atom is -0.350 e. The molecule has 0 radical (unpaired) electrons. The molecular formula is C6H5N5O. The van der Waals surface area contributed by atoms with Crippen LogP contribution < -0.4 is 5.73 Å². The topological polar surface area (TPSA) is 86.7 Å². The van der Waals surface area contributed by atoms with E-state index in [0.717, 1.165) is 4.68 Å². The van der Waals surface area contributed by atoms with Crippen LogP contribution in [0.15, 0.2) is 18.5 Å². The third-order valence-corrected chi connectivity index (χ3v) is 1.46. The molecular weight excluding hydrogens is 158 g/mol. The van der Waals surface area contributed by atoms with Crippen molar-refractivity contribution in [2.45, 2.75) is 0 Å². The van der Waals surface area contributed by atoms with Crippen molar-refractivity contribution in [3.8, 4) is 0 Å². The summed E-state index contributed by atoms with van der Waals surface area (Å²) in [6.07, 6.45) is 3.06. The zero-order chi connectivity index (χ0) is 8.55. The number of nitrogens with two attached hydrogens (primary N) is 1. The van der Waals surface area contributed by atoms with E-state index in [-0.39, 0.29) is 0 Å². The second-order valence-electron chi connectivity index (χ2n) is 2.20. The lowest BCUT2D eigenvalue weighted by Gasteiger charge is -1.91. The van der Waals surface area contributed by atoms with Crippen LogP contribution in [-0.4, -0.2) is 26.0 Å². The molecule has 0 unspecified atom stereocenters. The number of hydrogen-bond donors (Lipinski definition) is 1. The van der Waals surface area contributed by atoms with Crippen molar-refractivity contribution >= 4 is 17.1 Å². The summed E-state index contributed by atoms with van der Waals surface area (Å²) in [5.74, 6) is 0. The van der Waals surface area contributed by atoms with Gasteiger partial charge in [0.15, 0.2) is 0 Å². The van der Waals surface area contributed by atoms with Crippen molar-refractivity contribution < 1.29 is 4.79 Å². The number of carbonyl (C=O) groups excluding carboxylic acids is 1. The fourth-order valence-electron chi connectivity index (χ4n) is 0.939. The van der Waals surface area contributed by atoms with Gasteiger partial charge in [-0.15, -0.1) is 5.10 Å². The second kappa shape index (κ2) is 2.26. The molecule has 2 aromatic heterocycles. The first-order valence-corrected chi connectivity index (χ1v) is 3.24. The molecule has 1 amide bonds. The van der Waals surface area contributed by atoms with Crippen LogP contribution >= 0.6 is 0 Å². The number of carbonyl (C=O) groups is 1. The number of hydrogen-bond acceptors (Lipinski definition) is 4. The molecule has 0 aliphatic carbocycles. The number of fused-ring (bicyclic) bond motifs is 1. The molecule has 0 spiro atoms. The van der Waals surface area contributed by atoms with E-state index in [9.17, 15) is 4.79 Å². The Labute approximate surface area is 67.0 Å². The van der Waals surface area contributed by atoms with Gasteiger partial charge in [0.2, 0.25) is 0 Å². The Kier molecular flexibility index (Phi) is 1.26. The number of rotatable bonds is 0.